The summed E-state index contributed by atoms with van der Waals surface area (Å²) in [7, 11) is 3.66. The minimum atomic E-state index is -0.549. The first kappa shape index (κ1) is 74.7. The van der Waals surface area contributed by atoms with Crippen molar-refractivity contribution >= 4 is 69.6 Å². The van der Waals surface area contributed by atoms with Crippen molar-refractivity contribution in [2.75, 3.05) is 142 Å². The predicted octanol–water partition coefficient (Wildman–Crippen LogP) is 10.7. The molecule has 15 rings (SSSR count). The maximum Gasteiger partial charge on any atom is 0.255 e. The summed E-state index contributed by atoms with van der Waals surface area (Å²) in [6.45, 7) is 38.2. The third-order valence-electron chi connectivity index (χ3n) is 21.9. The first-order chi connectivity index (χ1) is 51.6. The minimum Gasteiger partial charge on any atom is -0.378 e. The molecule has 0 bridgehead atoms. The van der Waals surface area contributed by atoms with Crippen LogP contribution >= 0.6 is 0 Å². The van der Waals surface area contributed by atoms with Gasteiger partial charge in [-0.1, -0.05) is 44.6 Å². The summed E-state index contributed by atoms with van der Waals surface area (Å²) < 4.78 is 92.7. The molecular formula is C78H93F5N18O6. The zero-order chi connectivity index (χ0) is 75.5. The number of piperazine rings is 1. The highest BCUT2D eigenvalue weighted by molar-refractivity contribution is 6.05. The number of allylic oxidation sites excluding steroid dienone is 3. The molecule has 29 heteroatoms. The zero-order valence-electron chi connectivity index (χ0n) is 61.0. The maximum absolute atomic E-state index is 15.7. The highest BCUT2D eigenvalue weighted by Gasteiger charge is 2.39. The molecule has 4 aromatic heterocycles. The summed E-state index contributed by atoms with van der Waals surface area (Å²) in [5.41, 5.74) is 6.73. The van der Waals surface area contributed by atoms with Crippen molar-refractivity contribution in [1.29, 1.82) is 0 Å². The van der Waals surface area contributed by atoms with Crippen molar-refractivity contribution in [3.63, 3.8) is 0 Å². The van der Waals surface area contributed by atoms with Crippen molar-refractivity contribution in [2.45, 2.75) is 108 Å². The van der Waals surface area contributed by atoms with Crippen LogP contribution in [0, 0.1) is 29.1 Å². The van der Waals surface area contributed by atoms with E-state index in [4.69, 9.17) is 14.0 Å². The van der Waals surface area contributed by atoms with Crippen LogP contribution in [0.4, 0.5) is 73.8 Å². The van der Waals surface area contributed by atoms with Crippen LogP contribution in [0.1, 0.15) is 100 Å². The number of carbonyl (C=O) groups is 3. The number of fused-ring (bicyclic) bond motifs is 3. The summed E-state index contributed by atoms with van der Waals surface area (Å²) in [6, 6.07) is 10.6. The number of rotatable bonds is 20. The second-order valence-electron chi connectivity index (χ2n) is 28.5. The van der Waals surface area contributed by atoms with E-state index >= 15 is 22.0 Å². The van der Waals surface area contributed by atoms with E-state index in [1.165, 1.54) is 24.6 Å². The molecule has 566 valence electrons. The number of amides is 3. The number of ether oxygens (including phenoxy) is 2. The zero-order valence-corrected chi connectivity index (χ0v) is 61.0. The Kier molecular flexibility index (Phi) is 22.6. The average molecular weight is 1470 g/mol. The molecule has 0 unspecified atom stereocenters. The monoisotopic (exact) mass is 1470 g/mol. The van der Waals surface area contributed by atoms with Gasteiger partial charge in [0.1, 0.15) is 29.5 Å². The Labute approximate surface area is 620 Å². The van der Waals surface area contributed by atoms with Gasteiger partial charge in [-0.05, 0) is 107 Å². The molecule has 9 aliphatic heterocycles. The summed E-state index contributed by atoms with van der Waals surface area (Å²) in [5, 5.41) is 21.2. The van der Waals surface area contributed by atoms with Gasteiger partial charge in [0.2, 0.25) is 0 Å². The maximum atomic E-state index is 15.7. The number of likely N-dealkylation sites (tertiary alicyclic amines) is 3. The summed E-state index contributed by atoms with van der Waals surface area (Å²) in [5.74, 6) is -2.61. The number of aromatic nitrogens is 4. The number of hydrogen-bond donors (Lipinski definition) is 6. The second-order valence-corrected chi connectivity index (χ2v) is 28.5. The Bertz CT molecular complexity index is 4440. The van der Waals surface area contributed by atoms with Crippen LogP contribution in [-0.2, 0) is 29.1 Å². The summed E-state index contributed by atoms with van der Waals surface area (Å²) >= 11 is 0. The molecule has 6 saturated heterocycles. The molecule has 6 N–H and O–H groups in total. The minimum absolute atomic E-state index is 0.0221. The molecular weight excluding hydrogens is 1380 g/mol. The molecule has 13 heterocycles. The average Bonchev–Trinajstić information content (AvgIpc) is 1.64. The number of carbonyl (C=O) groups excluding carboxylic acids is 3. The van der Waals surface area contributed by atoms with E-state index in [1.807, 2.05) is 28.8 Å². The number of morpholine rings is 1. The van der Waals surface area contributed by atoms with Gasteiger partial charge in [-0.15, -0.1) is 0 Å². The van der Waals surface area contributed by atoms with Gasteiger partial charge < -0.3 is 80.2 Å². The van der Waals surface area contributed by atoms with Gasteiger partial charge in [0, 0.05) is 175 Å². The summed E-state index contributed by atoms with van der Waals surface area (Å²) in [6.07, 6.45) is 13.5. The topological polar surface area (TPSA) is 232 Å². The van der Waals surface area contributed by atoms with Crippen molar-refractivity contribution in [2.24, 2.45) is 0 Å². The smallest absolute Gasteiger partial charge is 0.255 e. The van der Waals surface area contributed by atoms with Crippen LogP contribution < -0.4 is 51.5 Å². The fraction of sp³-hybridized carbons (Fsp3) is 0.423. The normalized spacial score (nSPS) is 21.2. The number of benzene rings is 2. The highest BCUT2D eigenvalue weighted by atomic mass is 19.1. The predicted molar refractivity (Wildman–Crippen MR) is 404 cm³/mol. The quantitative estimate of drug-likeness (QED) is 0.0308. The molecule has 107 heavy (non-hydrogen) atoms. The molecule has 0 spiro atoms. The number of nitrogens with one attached hydrogen (secondary N) is 6. The molecule has 0 radical (unpaired) electrons. The van der Waals surface area contributed by atoms with Crippen LogP contribution in [0.25, 0.3) is 11.3 Å². The van der Waals surface area contributed by atoms with Gasteiger partial charge in [-0.2, -0.15) is 0 Å². The third kappa shape index (κ3) is 15.6. The number of likely N-dealkylation sites (N-methyl/N-ethyl adjacent to an activating group) is 2. The van der Waals surface area contributed by atoms with Crippen molar-refractivity contribution in [3.05, 3.63) is 186 Å². The van der Waals surface area contributed by atoms with Gasteiger partial charge in [0.25, 0.3) is 17.7 Å². The van der Waals surface area contributed by atoms with Crippen LogP contribution in [0.2, 0.25) is 0 Å². The summed E-state index contributed by atoms with van der Waals surface area (Å²) in [4.78, 5) is 67.7. The first-order valence-electron chi connectivity index (χ1n) is 36.5. The van der Waals surface area contributed by atoms with Crippen molar-refractivity contribution in [1.82, 2.24) is 55.7 Å². The number of hydrogen-bond acceptors (Lipinski definition) is 21. The van der Waals surface area contributed by atoms with E-state index in [2.05, 4.69) is 130 Å². The van der Waals surface area contributed by atoms with Crippen LogP contribution in [-0.4, -0.2) is 200 Å². The van der Waals surface area contributed by atoms with E-state index in [9.17, 15) is 14.4 Å². The lowest BCUT2D eigenvalue weighted by Gasteiger charge is -2.46. The van der Waals surface area contributed by atoms with E-state index in [0.717, 1.165) is 102 Å². The fourth-order valence-electron chi connectivity index (χ4n) is 15.5. The Morgan fingerprint density at radius 3 is 1.73 bits per heavy atom. The Balaban J connectivity index is 0.000000144. The number of nitrogens with zero attached hydrogens (tertiary/aromatic N) is 12. The van der Waals surface area contributed by atoms with E-state index in [1.54, 1.807) is 42.5 Å². The SMILES string of the molecule is C=CC(=C)N1CCC[C@@H](N(C)c2nc(-c3cnoc3)c3c(c2F)CNC3=O)C1.C=CC(=C)N1CCC[C@@H](Nc2nc(Nc3ccc(N4CCN(C5COC5)C[C@@H]4C)c(F)c3)c3c(c2F)CNC3=O)C1.C=CC(=C)N1C[C@H](N(C)c2nc(Nc3ccc(N4CCOCC4)c(F)c3)c3c(c2F)CNC3=O)CC[C@@H]1C. The van der Waals surface area contributed by atoms with Crippen LogP contribution in [0.5, 0.6) is 0 Å². The van der Waals surface area contributed by atoms with Crippen molar-refractivity contribution in [3.8, 4) is 11.3 Å². The van der Waals surface area contributed by atoms with Crippen LogP contribution in [0.15, 0.2) is 128 Å². The number of piperidine rings is 3. The molecule has 0 saturated carbocycles. The number of halogens is 5. The molecule has 3 amide bonds. The Hall–Kier alpha value is -10.5. The fourth-order valence-corrected chi connectivity index (χ4v) is 15.5. The molecule has 2 aromatic carbocycles. The number of pyridine rings is 3. The highest BCUT2D eigenvalue weighted by Crippen LogP contribution is 2.40. The standard InChI is InChI=1S/C30H37F2N7O2.C28H34F2N6O2.C20H22FN5O2/c1-4-18(2)37-9-5-6-21(15-37)35-29-27(32)23-13-33-30(40)26(23)28(36-29)34-20-7-8-25(24(31)12-20)39-11-10-38(14-19(39)3)22-16-41-17-22;1-5-17(2)36-16-20(8-6-18(36)3)34(4)27-25(30)21-15-31-28(37)24(21)26(33-27)32-19-7-9-23(22(29)14-19)35-10-12-38-13-11-35;1-4-12(2)26-7-5-6-14(10-26)25(3)19-17(21)15-9-22-20(27)16(15)18(24-19)13-8-23-28-11-13/h4,7-8,12,19,21-22H,1-2,5-6,9-11,13-17H2,3H3,(H,33,40)(H2,34,35,36);5,7,9,14,18,20H,1-2,6,8,10-13,15-16H2,3-4H3,(H,31,37)(H,32,33);4,8,11,14H,1-2,5-7,9-10H2,3H3,(H,22,27)/t19-,21+;18-,20+;14-/m001/s1. The third-order valence-corrected chi connectivity index (χ3v) is 21.9. The first-order valence-corrected chi connectivity index (χ1v) is 36.5. The molecule has 0 aliphatic carbocycles. The molecule has 6 aromatic rings. The van der Waals surface area contributed by atoms with Gasteiger partial charge in [-0.25, -0.2) is 36.9 Å². The largest absolute Gasteiger partial charge is 0.378 e. The van der Waals surface area contributed by atoms with Gasteiger partial charge in [0.05, 0.1) is 78.0 Å². The lowest BCUT2D eigenvalue weighted by molar-refractivity contribution is -0.0691. The van der Waals surface area contributed by atoms with E-state index < -0.39 is 35.1 Å². The van der Waals surface area contributed by atoms with E-state index in [-0.39, 0.29) is 112 Å². The number of anilines is 9. The Morgan fingerprint density at radius 2 is 1.15 bits per heavy atom. The molecule has 24 nitrogen and oxygen atoms in total. The lowest BCUT2D eigenvalue weighted by Crippen LogP contribution is -2.59. The van der Waals surface area contributed by atoms with Gasteiger partial charge in [-0.3, -0.25) is 19.3 Å². The molecule has 6 fully saturated rings. The molecule has 5 atom stereocenters. The van der Waals surface area contributed by atoms with E-state index in [0.29, 0.717) is 97.6 Å². The van der Waals surface area contributed by atoms with Crippen LogP contribution in [0.3, 0.4) is 0 Å². The molecule has 9 aliphatic rings. The van der Waals surface area contributed by atoms with Crippen molar-refractivity contribution < 1.29 is 50.3 Å². The second kappa shape index (κ2) is 32.3. The van der Waals surface area contributed by atoms with Gasteiger partial charge in [0.15, 0.2) is 34.9 Å². The Morgan fingerprint density at radius 1 is 0.589 bits per heavy atom. The van der Waals surface area contributed by atoms with Gasteiger partial charge >= 0.3 is 0 Å². The lowest BCUT2D eigenvalue weighted by atomic mass is 9.97.